The topological polar surface area (TPSA) is 684 Å². The van der Waals surface area contributed by atoms with Gasteiger partial charge in [-0.05, 0) is 51.9 Å². The highest BCUT2D eigenvalue weighted by molar-refractivity contribution is 8.76. The van der Waals surface area contributed by atoms with Crippen LogP contribution in [0.1, 0.15) is 174 Å². The Balaban J connectivity index is 2.44. The zero-order chi connectivity index (χ0) is 93.5. The number of carbonyl (C=O) groups excluding carboxylic acids is 12. The fourth-order valence-electron chi connectivity index (χ4n) is 11.4. The van der Waals surface area contributed by atoms with Crippen LogP contribution in [0.15, 0.2) is 0 Å². The van der Waals surface area contributed by atoms with Gasteiger partial charge in [-0.2, -0.15) is 0 Å². The number of nitrogens with one attached hydrogen (secondary N) is 12. The van der Waals surface area contributed by atoms with Crippen LogP contribution in [0, 0.1) is 0 Å². The first-order valence-electron chi connectivity index (χ1n) is 42.1. The lowest BCUT2D eigenvalue weighted by molar-refractivity contribution is -0.141. The first kappa shape index (κ1) is 115. The second-order valence-corrected chi connectivity index (χ2v) is 31.4. The predicted octanol–water partition coefficient (Wildman–Crippen LogP) is -2.30. The van der Waals surface area contributed by atoms with Crippen molar-refractivity contribution in [3.05, 3.63) is 0 Å². The average molecular weight is 1840 g/mol. The highest BCUT2D eigenvalue weighted by atomic mass is 33.1. The van der Waals surface area contributed by atoms with E-state index < -0.39 is 213 Å². The molecule has 19 N–H and O–H groups in total. The fraction of sp³-hybridized carbons (Fsp3) is 0.756. The van der Waals surface area contributed by atoms with Crippen molar-refractivity contribution in [2.24, 2.45) is 0 Å². The summed E-state index contributed by atoms with van der Waals surface area (Å²) in [5.74, 6) is -17.3. The SMILES string of the molecule is C[C@H](NC(=O)COCCOCCNC(=O)COCCOCCNC(=O)COCCOCCNC(=O)COCCOCCNC(=O)[C@H](CCC(=O)O)NC(=O)[C@H](CCC(=O)O)NC(=O)[C@H](CCC(=O)O)NC(=O)[C@H](CCC(=O)O)NC(=O)[C@H](CCC(=O)O)NC(=O)CCCCCCCCCCCCCCCCC(=O)O)C(=O)CN[C@H]1CSSC[C@@H](C(=O)O)NCC1=O. The number of carboxylic acids is 7. The second-order valence-electron chi connectivity index (χ2n) is 28.9. The number of hydrogen-bond acceptors (Lipinski definition) is 31. The minimum atomic E-state index is -1.90. The number of Topliss-reactive ketones (excluding diaryl/α,β-unsaturated/α-hetero) is 2. The molecule has 0 spiro atoms. The number of carboxylic acid groups (broad SMARTS) is 7. The molecule has 0 unspecified atom stereocenters. The van der Waals surface area contributed by atoms with Crippen LogP contribution in [0.4, 0.5) is 0 Å². The third kappa shape index (κ3) is 64.4. The Kier molecular flexibility index (Phi) is 67.0. The monoisotopic (exact) mass is 1840 g/mol. The molecule has 10 amide bonds. The third-order valence-electron chi connectivity index (χ3n) is 18.3. The van der Waals surface area contributed by atoms with Gasteiger partial charge in [0.05, 0.1) is 104 Å². The molecule has 1 aliphatic heterocycles. The number of ketones is 2. The van der Waals surface area contributed by atoms with Gasteiger partial charge in [-0.15, -0.1) is 0 Å². The quantitative estimate of drug-likeness (QED) is 0.0225. The Morgan fingerprint density at radius 3 is 0.968 bits per heavy atom. The first-order chi connectivity index (χ1) is 60.3. The molecule has 1 saturated heterocycles. The second kappa shape index (κ2) is 73.7. The molecule has 0 saturated carbocycles. The van der Waals surface area contributed by atoms with E-state index in [1.807, 2.05) is 0 Å². The minimum Gasteiger partial charge on any atom is -0.481 e. The van der Waals surface area contributed by atoms with E-state index >= 15 is 0 Å². The van der Waals surface area contributed by atoms with Crippen molar-refractivity contribution in [2.45, 2.75) is 222 Å². The number of amides is 10. The maximum Gasteiger partial charge on any atom is 0.321 e. The summed E-state index contributed by atoms with van der Waals surface area (Å²) in [6.07, 6.45) is 6.38. The number of rotatable bonds is 80. The molecule has 0 radical (unpaired) electrons. The van der Waals surface area contributed by atoms with Gasteiger partial charge in [-0.25, -0.2) is 0 Å². The van der Waals surface area contributed by atoms with E-state index in [9.17, 15) is 122 Å². The van der Waals surface area contributed by atoms with E-state index in [0.29, 0.717) is 25.0 Å². The summed E-state index contributed by atoms with van der Waals surface area (Å²) in [4.78, 5) is 237. The molecule has 8 atom stereocenters. The van der Waals surface area contributed by atoms with Gasteiger partial charge in [-0.1, -0.05) is 98.6 Å². The summed E-state index contributed by atoms with van der Waals surface area (Å²) in [5.41, 5.74) is 0. The molecule has 1 aliphatic rings. The summed E-state index contributed by atoms with van der Waals surface area (Å²) in [6.45, 7) is 0.789. The van der Waals surface area contributed by atoms with Crippen LogP contribution in [0.5, 0.6) is 0 Å². The van der Waals surface area contributed by atoms with Crippen LogP contribution < -0.4 is 63.8 Å². The standard InChI is InChI=1S/C78H130N12O34S2/c1-52(60(91)44-83-58-50-125-126-51-59(78(115)116)84-45-61(58)92)85-66(97)49-124-43-39-119-34-30-81-64(95)47-122-41-37-117-32-28-79-63(94)46-121-40-36-118-33-29-80-65(96)48-123-42-38-120-35-31-82-73(110)53(18-23-68(100)101)87-75(112)55(20-25-70(104)105)89-77(114)57(22-27-72(108)109)90-76(113)56(21-26-71(106)107)88-74(111)54(19-24-69(102)103)86-62(93)16-14-12-10-8-6-4-2-3-5-7-9-11-13-15-17-67(98)99/h52-59,83-84H,2-51H2,1H3,(H,79,94)(H,80,96)(H,81,95)(H,82,110)(H,85,97)(H,86,93)(H,87,112)(H,88,111)(H,89,114)(H,90,113)(H,98,99)(H,100,101)(H,102,103)(H,104,105)(H,106,107)(H,108,109)(H,115,116)/t52-,53-,54-,55-,56-,57-,58-,59-/m0/s1. The Hall–Kier alpha value is -9.37. The fourth-order valence-corrected chi connectivity index (χ4v) is 13.8. The lowest BCUT2D eigenvalue weighted by Crippen LogP contribution is -2.59. The van der Waals surface area contributed by atoms with Gasteiger partial charge in [0.15, 0.2) is 11.6 Å². The molecule has 0 aromatic rings. The predicted molar refractivity (Wildman–Crippen MR) is 448 cm³/mol. The van der Waals surface area contributed by atoms with E-state index in [-0.39, 0.29) is 175 Å². The van der Waals surface area contributed by atoms with Gasteiger partial charge in [-0.3, -0.25) is 102 Å². The smallest absolute Gasteiger partial charge is 0.321 e. The molecular formula is C78H130N12O34S2. The highest BCUT2D eigenvalue weighted by Crippen LogP contribution is 2.24. The Bertz CT molecular complexity index is 3330. The van der Waals surface area contributed by atoms with Crippen LogP contribution in [0.3, 0.4) is 0 Å². The number of hydrogen-bond donors (Lipinski definition) is 19. The lowest BCUT2D eigenvalue weighted by Gasteiger charge is -2.27. The molecule has 1 rings (SSSR count). The molecule has 718 valence electrons. The average Bonchev–Trinajstić information content (AvgIpc) is 0.934. The summed E-state index contributed by atoms with van der Waals surface area (Å²) in [6, 6.07) is -11.2. The lowest BCUT2D eigenvalue weighted by atomic mass is 10.0. The molecular weight excluding hydrogens is 1710 g/mol. The Morgan fingerprint density at radius 1 is 0.333 bits per heavy atom. The van der Waals surface area contributed by atoms with Crippen molar-refractivity contribution < 1.29 is 165 Å². The zero-order valence-corrected chi connectivity index (χ0v) is 73.1. The summed E-state index contributed by atoms with van der Waals surface area (Å²) in [5, 5.41) is 95.5. The molecule has 1 fully saturated rings. The highest BCUT2D eigenvalue weighted by Gasteiger charge is 2.35. The van der Waals surface area contributed by atoms with Gasteiger partial charge in [0, 0.05) is 82.6 Å². The number of aliphatic carboxylic acids is 7. The molecule has 0 aliphatic carbocycles. The van der Waals surface area contributed by atoms with Crippen molar-refractivity contribution in [1.29, 1.82) is 0 Å². The van der Waals surface area contributed by atoms with Crippen molar-refractivity contribution in [3.8, 4) is 0 Å². The maximum absolute atomic E-state index is 14.0. The van der Waals surface area contributed by atoms with Gasteiger partial charge in [0.1, 0.15) is 62.7 Å². The van der Waals surface area contributed by atoms with Crippen molar-refractivity contribution in [1.82, 2.24) is 63.8 Å². The number of carbonyl (C=O) groups is 19. The van der Waals surface area contributed by atoms with Gasteiger partial charge in [0.25, 0.3) is 0 Å². The molecule has 1 heterocycles. The van der Waals surface area contributed by atoms with Gasteiger partial charge in [0.2, 0.25) is 59.1 Å². The summed E-state index contributed by atoms with van der Waals surface area (Å²) < 4.78 is 42.8. The largest absolute Gasteiger partial charge is 0.481 e. The zero-order valence-electron chi connectivity index (χ0n) is 71.4. The maximum atomic E-state index is 14.0. The van der Waals surface area contributed by atoms with Crippen molar-refractivity contribution >= 4 is 134 Å². The first-order valence-corrected chi connectivity index (χ1v) is 44.6. The molecule has 48 heteroatoms. The normalized spacial score (nSPS) is 14.7. The Labute approximate surface area is 738 Å². The third-order valence-corrected chi connectivity index (χ3v) is 20.7. The molecule has 46 nitrogen and oxygen atoms in total. The van der Waals surface area contributed by atoms with Gasteiger partial charge >= 0.3 is 41.8 Å². The summed E-state index contributed by atoms with van der Waals surface area (Å²) in [7, 11) is 2.63. The number of ether oxygens (including phenoxy) is 8. The molecule has 0 aromatic carbocycles. The van der Waals surface area contributed by atoms with E-state index in [2.05, 4.69) is 63.8 Å². The van der Waals surface area contributed by atoms with E-state index in [1.165, 1.54) is 28.5 Å². The molecule has 0 bridgehead atoms. The molecule has 0 aromatic heterocycles. The van der Waals surface area contributed by atoms with E-state index in [0.717, 1.165) is 70.6 Å². The van der Waals surface area contributed by atoms with E-state index in [4.69, 9.17) is 43.0 Å². The van der Waals surface area contributed by atoms with Crippen molar-refractivity contribution in [3.63, 3.8) is 0 Å². The van der Waals surface area contributed by atoms with Crippen LogP contribution >= 0.6 is 21.6 Å². The molecule has 126 heavy (non-hydrogen) atoms. The number of unbranched alkanes of at least 4 members (excludes halogenated alkanes) is 13. The van der Waals surface area contributed by atoms with Crippen molar-refractivity contribution in [2.75, 3.05) is 156 Å². The van der Waals surface area contributed by atoms with E-state index in [1.54, 1.807) is 0 Å². The van der Waals surface area contributed by atoms with Crippen LogP contribution in [0.2, 0.25) is 0 Å². The van der Waals surface area contributed by atoms with Crippen LogP contribution in [-0.2, 0) is 129 Å². The minimum absolute atomic E-state index is 0.0443. The van der Waals surface area contributed by atoms with Gasteiger partial charge < -0.3 is 127 Å². The summed E-state index contributed by atoms with van der Waals surface area (Å²) >= 11 is 0. The Morgan fingerprint density at radius 2 is 0.627 bits per heavy atom. The van der Waals surface area contributed by atoms with Crippen LogP contribution in [0.25, 0.3) is 0 Å². The van der Waals surface area contributed by atoms with Crippen LogP contribution in [-0.4, -0.2) is 353 Å².